The van der Waals surface area contributed by atoms with Gasteiger partial charge in [-0.15, -0.1) is 0 Å². The summed E-state index contributed by atoms with van der Waals surface area (Å²) in [5, 5.41) is 0. The molecule has 1 saturated carbocycles. The van der Waals surface area contributed by atoms with Crippen LogP contribution in [0, 0.1) is 5.92 Å². The summed E-state index contributed by atoms with van der Waals surface area (Å²) < 4.78 is 8.27. The second-order valence-electron chi connectivity index (χ2n) is 7.24. The average molecular weight is 320 g/mol. The van der Waals surface area contributed by atoms with Gasteiger partial charge in [-0.3, -0.25) is 9.80 Å². The van der Waals surface area contributed by atoms with Crippen LogP contribution < -0.4 is 0 Å². The molecular weight excluding hydrogens is 288 g/mol. The minimum Gasteiger partial charge on any atom is -0.377 e. The Hall–Kier alpha value is -0.910. The van der Waals surface area contributed by atoms with E-state index in [-0.39, 0.29) is 0 Å². The first-order valence-corrected chi connectivity index (χ1v) is 9.25. The van der Waals surface area contributed by atoms with Crippen molar-refractivity contribution >= 4 is 0 Å². The van der Waals surface area contributed by atoms with Gasteiger partial charge in [-0.25, -0.2) is 4.98 Å². The zero-order valence-electron chi connectivity index (χ0n) is 14.8. The highest BCUT2D eigenvalue weighted by Crippen LogP contribution is 2.26. The maximum absolute atomic E-state index is 6.16. The smallest absolute Gasteiger partial charge is 0.122 e. The monoisotopic (exact) mass is 320 g/mol. The van der Waals surface area contributed by atoms with Crippen molar-refractivity contribution in [2.75, 3.05) is 39.3 Å². The van der Waals surface area contributed by atoms with Crippen LogP contribution in [0.4, 0.5) is 0 Å². The van der Waals surface area contributed by atoms with Gasteiger partial charge < -0.3 is 9.30 Å². The summed E-state index contributed by atoms with van der Waals surface area (Å²) >= 11 is 0. The predicted octanol–water partition coefficient (Wildman–Crippen LogP) is 2.13. The molecule has 1 saturated heterocycles. The quantitative estimate of drug-likeness (QED) is 0.804. The third-order valence-corrected chi connectivity index (χ3v) is 5.52. The normalized spacial score (nSPS) is 27.4. The number of rotatable bonds is 6. The van der Waals surface area contributed by atoms with E-state index >= 15 is 0 Å². The van der Waals surface area contributed by atoms with Crippen molar-refractivity contribution in [3.63, 3.8) is 0 Å². The number of hydrogen-bond donors (Lipinski definition) is 0. The predicted molar refractivity (Wildman–Crippen MR) is 92.3 cm³/mol. The second kappa shape index (κ2) is 8.27. The van der Waals surface area contributed by atoms with Crippen LogP contribution in [-0.2, 0) is 18.3 Å². The van der Waals surface area contributed by atoms with Gasteiger partial charge in [-0.1, -0.05) is 19.8 Å². The zero-order chi connectivity index (χ0) is 16.1. The van der Waals surface area contributed by atoms with Crippen LogP contribution in [0.1, 0.15) is 38.4 Å². The van der Waals surface area contributed by atoms with Gasteiger partial charge in [0.1, 0.15) is 5.82 Å². The Bertz CT molecular complexity index is 467. The number of hydrogen-bond acceptors (Lipinski definition) is 4. The highest BCUT2D eigenvalue weighted by atomic mass is 16.5. The van der Waals surface area contributed by atoms with Crippen LogP contribution in [0.3, 0.4) is 0 Å². The summed E-state index contributed by atoms with van der Waals surface area (Å²) in [5.41, 5.74) is 0. The van der Waals surface area contributed by atoms with E-state index in [1.165, 1.54) is 25.7 Å². The Labute approximate surface area is 140 Å². The largest absolute Gasteiger partial charge is 0.377 e. The summed E-state index contributed by atoms with van der Waals surface area (Å²) in [6.45, 7) is 9.85. The Kier molecular flexibility index (Phi) is 6.08. The maximum atomic E-state index is 6.16. The minimum atomic E-state index is 0.508. The first-order chi connectivity index (χ1) is 11.2. The number of piperazine rings is 1. The summed E-state index contributed by atoms with van der Waals surface area (Å²) in [6.07, 6.45) is 9.76. The first-order valence-electron chi connectivity index (χ1n) is 9.25. The lowest BCUT2D eigenvalue weighted by Gasteiger charge is -2.35. The molecule has 130 valence electrons. The Morgan fingerprint density at radius 2 is 1.87 bits per heavy atom. The molecule has 1 aliphatic carbocycles. The van der Waals surface area contributed by atoms with E-state index in [4.69, 9.17) is 4.74 Å². The molecule has 2 heterocycles. The van der Waals surface area contributed by atoms with E-state index in [1.807, 2.05) is 12.4 Å². The van der Waals surface area contributed by atoms with Crippen molar-refractivity contribution in [1.29, 1.82) is 0 Å². The molecule has 2 atom stereocenters. The van der Waals surface area contributed by atoms with Crippen LogP contribution in [-0.4, -0.2) is 64.8 Å². The summed E-state index contributed by atoms with van der Waals surface area (Å²) in [4.78, 5) is 9.47. The van der Waals surface area contributed by atoms with Crippen LogP contribution in [0.25, 0.3) is 0 Å². The lowest BCUT2D eigenvalue weighted by molar-refractivity contribution is -0.0183. The van der Waals surface area contributed by atoms with Gasteiger partial charge in [0.05, 0.1) is 19.3 Å². The lowest BCUT2D eigenvalue weighted by atomic mass is 9.88. The molecule has 0 unspecified atom stereocenters. The molecule has 0 spiro atoms. The molecule has 0 N–H and O–H groups in total. The molecule has 0 radical (unpaired) electrons. The van der Waals surface area contributed by atoms with Crippen molar-refractivity contribution in [1.82, 2.24) is 19.4 Å². The molecule has 1 aliphatic heterocycles. The van der Waals surface area contributed by atoms with Gasteiger partial charge in [-0.05, 0) is 18.8 Å². The molecule has 2 fully saturated rings. The molecule has 0 bridgehead atoms. The Balaban J connectivity index is 1.32. The highest BCUT2D eigenvalue weighted by molar-refractivity contribution is 4.91. The lowest BCUT2D eigenvalue weighted by Crippen LogP contribution is -2.47. The van der Waals surface area contributed by atoms with E-state index in [1.54, 1.807) is 0 Å². The van der Waals surface area contributed by atoms with E-state index < -0.39 is 0 Å². The molecule has 1 aromatic rings. The molecule has 23 heavy (non-hydrogen) atoms. The molecule has 1 aromatic heterocycles. The average Bonchev–Trinajstić information content (AvgIpc) is 2.96. The van der Waals surface area contributed by atoms with Crippen LogP contribution in [0.5, 0.6) is 0 Å². The fourth-order valence-corrected chi connectivity index (χ4v) is 3.78. The summed E-state index contributed by atoms with van der Waals surface area (Å²) in [7, 11) is 2.07. The molecule has 0 amide bonds. The van der Waals surface area contributed by atoms with Crippen LogP contribution in [0.2, 0.25) is 0 Å². The molecule has 5 heteroatoms. The van der Waals surface area contributed by atoms with Crippen molar-refractivity contribution in [2.24, 2.45) is 13.0 Å². The zero-order valence-corrected chi connectivity index (χ0v) is 14.8. The van der Waals surface area contributed by atoms with E-state index in [0.717, 1.165) is 57.6 Å². The minimum absolute atomic E-state index is 0.508. The maximum Gasteiger partial charge on any atom is 0.122 e. The SMILES string of the molecule is C[C@H]1CCCC[C@H]1OCCN1CCN(Cc2nccn2C)CC1. The summed E-state index contributed by atoms with van der Waals surface area (Å²) in [6, 6.07) is 0. The number of aryl methyl sites for hydroxylation is 1. The highest BCUT2D eigenvalue weighted by Gasteiger charge is 2.22. The van der Waals surface area contributed by atoms with Gasteiger partial charge in [0.25, 0.3) is 0 Å². The molecule has 0 aromatic carbocycles. The topological polar surface area (TPSA) is 33.5 Å². The van der Waals surface area contributed by atoms with Gasteiger partial charge in [0.2, 0.25) is 0 Å². The first kappa shape index (κ1) is 16.9. The van der Waals surface area contributed by atoms with E-state index in [2.05, 4.69) is 33.3 Å². The Morgan fingerprint density at radius 1 is 1.13 bits per heavy atom. The van der Waals surface area contributed by atoms with Crippen LogP contribution >= 0.6 is 0 Å². The van der Waals surface area contributed by atoms with E-state index in [0.29, 0.717) is 6.10 Å². The number of imidazole rings is 1. The molecule has 5 nitrogen and oxygen atoms in total. The molecule has 2 aliphatic rings. The third-order valence-electron chi connectivity index (χ3n) is 5.52. The molecular formula is C18H32N4O. The number of nitrogens with zero attached hydrogens (tertiary/aromatic N) is 4. The van der Waals surface area contributed by atoms with Gasteiger partial charge in [-0.2, -0.15) is 0 Å². The van der Waals surface area contributed by atoms with E-state index in [9.17, 15) is 0 Å². The fourth-order valence-electron chi connectivity index (χ4n) is 3.78. The third kappa shape index (κ3) is 4.78. The molecule has 3 rings (SSSR count). The fraction of sp³-hybridized carbons (Fsp3) is 0.833. The van der Waals surface area contributed by atoms with Crippen molar-refractivity contribution in [3.8, 4) is 0 Å². The standard InChI is InChI=1S/C18H32N4O/c1-16-5-3-4-6-17(16)23-14-13-21-9-11-22(12-10-21)15-18-19-7-8-20(18)2/h7-8,16-17H,3-6,9-15H2,1-2H3/t16-,17+/m0/s1. The van der Waals surface area contributed by atoms with Crippen molar-refractivity contribution in [3.05, 3.63) is 18.2 Å². The summed E-state index contributed by atoms with van der Waals surface area (Å²) in [5.74, 6) is 1.91. The van der Waals surface area contributed by atoms with Crippen LogP contribution in [0.15, 0.2) is 12.4 Å². The second-order valence-corrected chi connectivity index (χ2v) is 7.24. The van der Waals surface area contributed by atoms with Crippen molar-refractivity contribution in [2.45, 2.75) is 45.3 Å². The van der Waals surface area contributed by atoms with Crippen molar-refractivity contribution < 1.29 is 4.74 Å². The number of aromatic nitrogens is 2. The van der Waals surface area contributed by atoms with Gasteiger partial charge in [0.15, 0.2) is 0 Å². The van der Waals surface area contributed by atoms with Gasteiger partial charge >= 0.3 is 0 Å². The Morgan fingerprint density at radius 3 is 2.57 bits per heavy atom. The number of ether oxygens (including phenoxy) is 1. The van der Waals surface area contributed by atoms with Gasteiger partial charge in [0, 0.05) is 52.2 Å².